The Balaban J connectivity index is 2.71. The molecule has 0 fully saturated rings. The number of nitrogens with zero attached hydrogens (tertiary/aromatic N) is 1. The number of hydrogen-bond donors (Lipinski definition) is 0. The summed E-state index contributed by atoms with van der Waals surface area (Å²) < 4.78 is 18.0. The van der Waals surface area contributed by atoms with E-state index in [0.717, 1.165) is 0 Å². The SMILES string of the molecule is COCC(Br)CN(C)C(=O)c1ccc(F)c(Cl)c1. The van der Waals surface area contributed by atoms with Crippen LogP contribution in [0.15, 0.2) is 18.2 Å². The van der Waals surface area contributed by atoms with E-state index >= 15 is 0 Å². The van der Waals surface area contributed by atoms with Crippen molar-refractivity contribution in [3.05, 3.63) is 34.6 Å². The monoisotopic (exact) mass is 337 g/mol. The molecule has 0 bridgehead atoms. The molecule has 0 spiro atoms. The molecule has 0 N–H and O–H groups in total. The van der Waals surface area contributed by atoms with E-state index in [9.17, 15) is 9.18 Å². The highest BCUT2D eigenvalue weighted by atomic mass is 79.9. The van der Waals surface area contributed by atoms with Crippen molar-refractivity contribution in [3.63, 3.8) is 0 Å². The molecule has 0 aliphatic carbocycles. The third-order valence-electron chi connectivity index (χ3n) is 2.33. The van der Waals surface area contributed by atoms with Gasteiger partial charge in [-0.05, 0) is 18.2 Å². The predicted octanol–water partition coefficient (Wildman–Crippen LogP) is 2.96. The molecule has 1 amide bonds. The van der Waals surface area contributed by atoms with Gasteiger partial charge in [0.15, 0.2) is 0 Å². The van der Waals surface area contributed by atoms with E-state index in [-0.39, 0.29) is 15.8 Å². The van der Waals surface area contributed by atoms with Gasteiger partial charge in [-0.25, -0.2) is 4.39 Å². The molecule has 1 atom stereocenters. The lowest BCUT2D eigenvalue weighted by Crippen LogP contribution is -2.33. The average molecular weight is 339 g/mol. The van der Waals surface area contributed by atoms with Crippen molar-refractivity contribution in [2.45, 2.75) is 4.83 Å². The lowest BCUT2D eigenvalue weighted by atomic mass is 10.2. The number of carbonyl (C=O) groups excluding carboxylic acids is 1. The van der Waals surface area contributed by atoms with Crippen LogP contribution in [0.3, 0.4) is 0 Å². The van der Waals surface area contributed by atoms with Gasteiger partial charge in [-0.3, -0.25) is 4.79 Å². The fourth-order valence-electron chi connectivity index (χ4n) is 1.46. The first-order valence-corrected chi connectivity index (χ1v) is 6.58. The average Bonchev–Trinajstić information content (AvgIpc) is 2.32. The maximum atomic E-state index is 13.0. The Bertz CT molecular complexity index is 431. The Morgan fingerprint density at radius 3 is 2.83 bits per heavy atom. The van der Waals surface area contributed by atoms with Crippen molar-refractivity contribution in [3.8, 4) is 0 Å². The summed E-state index contributed by atoms with van der Waals surface area (Å²) in [5.41, 5.74) is 0.362. The third kappa shape index (κ3) is 4.23. The fraction of sp³-hybridized carbons (Fsp3) is 0.417. The second kappa shape index (κ2) is 7.07. The lowest BCUT2D eigenvalue weighted by Gasteiger charge is -2.20. The van der Waals surface area contributed by atoms with Gasteiger partial charge in [0.25, 0.3) is 5.91 Å². The number of hydrogen-bond acceptors (Lipinski definition) is 2. The highest BCUT2D eigenvalue weighted by Gasteiger charge is 2.16. The summed E-state index contributed by atoms with van der Waals surface area (Å²) in [5.74, 6) is -0.744. The maximum Gasteiger partial charge on any atom is 0.253 e. The molecule has 1 unspecified atom stereocenters. The predicted molar refractivity (Wildman–Crippen MR) is 73.0 cm³/mol. The summed E-state index contributed by atoms with van der Waals surface area (Å²) in [6, 6.07) is 3.93. The lowest BCUT2D eigenvalue weighted by molar-refractivity contribution is 0.0784. The van der Waals surface area contributed by atoms with E-state index in [4.69, 9.17) is 16.3 Å². The molecule has 0 aliphatic heterocycles. The molecule has 1 rings (SSSR count). The molecule has 0 saturated heterocycles. The van der Waals surface area contributed by atoms with Gasteiger partial charge in [0.05, 0.1) is 16.5 Å². The fourth-order valence-corrected chi connectivity index (χ4v) is 2.34. The van der Waals surface area contributed by atoms with Gasteiger partial charge in [-0.2, -0.15) is 0 Å². The van der Waals surface area contributed by atoms with E-state index in [1.54, 1.807) is 14.2 Å². The number of alkyl halides is 1. The number of carbonyl (C=O) groups is 1. The van der Waals surface area contributed by atoms with Crippen LogP contribution >= 0.6 is 27.5 Å². The first-order chi connectivity index (χ1) is 8.45. The molecule has 0 aromatic heterocycles. The summed E-state index contributed by atoms with van der Waals surface area (Å²) >= 11 is 9.04. The zero-order chi connectivity index (χ0) is 13.7. The second-order valence-corrected chi connectivity index (χ2v) is 5.57. The van der Waals surface area contributed by atoms with Gasteiger partial charge in [0.2, 0.25) is 0 Å². The number of halogens is 3. The Labute approximate surface area is 119 Å². The van der Waals surface area contributed by atoms with Crippen molar-refractivity contribution in [1.29, 1.82) is 0 Å². The maximum absolute atomic E-state index is 13.0. The smallest absolute Gasteiger partial charge is 0.253 e. The molecule has 1 aromatic rings. The molecule has 100 valence electrons. The van der Waals surface area contributed by atoms with Crippen LogP contribution in [0.25, 0.3) is 0 Å². The summed E-state index contributed by atoms with van der Waals surface area (Å²) in [6.07, 6.45) is 0. The molecule has 18 heavy (non-hydrogen) atoms. The number of methoxy groups -OCH3 is 1. The molecule has 3 nitrogen and oxygen atoms in total. The Kier molecular flexibility index (Phi) is 6.05. The van der Waals surface area contributed by atoms with Crippen LogP contribution in [0.1, 0.15) is 10.4 Å². The van der Waals surface area contributed by atoms with Crippen molar-refractivity contribution in [1.82, 2.24) is 4.90 Å². The van der Waals surface area contributed by atoms with E-state index in [2.05, 4.69) is 15.9 Å². The van der Waals surface area contributed by atoms with Crippen LogP contribution in [-0.4, -0.2) is 42.9 Å². The van der Waals surface area contributed by atoms with Crippen molar-refractivity contribution in [2.24, 2.45) is 0 Å². The summed E-state index contributed by atoms with van der Waals surface area (Å²) in [4.78, 5) is 13.6. The van der Waals surface area contributed by atoms with Crippen LogP contribution in [0, 0.1) is 5.82 Å². The molecule has 0 heterocycles. The van der Waals surface area contributed by atoms with E-state index in [0.29, 0.717) is 18.7 Å². The number of rotatable bonds is 5. The summed E-state index contributed by atoms with van der Waals surface area (Å²) in [6.45, 7) is 0.990. The minimum absolute atomic E-state index is 0.0485. The number of amides is 1. The zero-order valence-electron chi connectivity index (χ0n) is 10.1. The highest BCUT2D eigenvalue weighted by Crippen LogP contribution is 2.17. The van der Waals surface area contributed by atoms with E-state index < -0.39 is 5.82 Å². The minimum atomic E-state index is -0.534. The molecule has 0 radical (unpaired) electrons. The van der Waals surface area contributed by atoms with Crippen LogP contribution in [0.2, 0.25) is 5.02 Å². The van der Waals surface area contributed by atoms with Crippen molar-refractivity contribution in [2.75, 3.05) is 27.3 Å². The van der Waals surface area contributed by atoms with Gasteiger partial charge in [0.1, 0.15) is 5.82 Å². The quantitative estimate of drug-likeness (QED) is 0.773. The van der Waals surface area contributed by atoms with Crippen LogP contribution < -0.4 is 0 Å². The van der Waals surface area contributed by atoms with E-state index in [1.165, 1.54) is 23.1 Å². The van der Waals surface area contributed by atoms with Gasteiger partial charge >= 0.3 is 0 Å². The molecule has 0 aliphatic rings. The Morgan fingerprint density at radius 1 is 1.61 bits per heavy atom. The molecule has 0 saturated carbocycles. The highest BCUT2D eigenvalue weighted by molar-refractivity contribution is 9.09. The Hall–Kier alpha value is -0.650. The molecule has 1 aromatic carbocycles. The minimum Gasteiger partial charge on any atom is -0.383 e. The molecular formula is C12H14BrClFNO2. The largest absolute Gasteiger partial charge is 0.383 e. The molecular weight excluding hydrogens is 324 g/mol. The van der Waals surface area contributed by atoms with Gasteiger partial charge in [-0.1, -0.05) is 27.5 Å². The van der Waals surface area contributed by atoms with E-state index in [1.807, 2.05) is 0 Å². The Morgan fingerprint density at radius 2 is 2.28 bits per heavy atom. The van der Waals surface area contributed by atoms with Crippen LogP contribution in [0.4, 0.5) is 4.39 Å². The normalized spacial score (nSPS) is 12.3. The number of ether oxygens (including phenoxy) is 1. The molecule has 6 heteroatoms. The topological polar surface area (TPSA) is 29.5 Å². The summed E-state index contributed by atoms with van der Waals surface area (Å²) in [7, 11) is 3.26. The van der Waals surface area contributed by atoms with Gasteiger partial charge in [0, 0.05) is 26.3 Å². The third-order valence-corrected chi connectivity index (χ3v) is 3.18. The zero-order valence-corrected chi connectivity index (χ0v) is 12.5. The van der Waals surface area contributed by atoms with Crippen molar-refractivity contribution >= 4 is 33.4 Å². The first-order valence-electron chi connectivity index (χ1n) is 5.29. The second-order valence-electron chi connectivity index (χ2n) is 3.87. The van der Waals surface area contributed by atoms with Crippen LogP contribution in [-0.2, 0) is 4.74 Å². The number of benzene rings is 1. The van der Waals surface area contributed by atoms with Crippen LogP contribution in [0.5, 0.6) is 0 Å². The van der Waals surface area contributed by atoms with Gasteiger partial charge in [-0.15, -0.1) is 0 Å². The van der Waals surface area contributed by atoms with Crippen molar-refractivity contribution < 1.29 is 13.9 Å². The van der Waals surface area contributed by atoms with Gasteiger partial charge < -0.3 is 9.64 Å². The summed E-state index contributed by atoms with van der Waals surface area (Å²) in [5, 5.41) is -0.0541. The standard InChI is InChI=1S/C12H14BrClFNO2/c1-16(6-9(13)7-18-2)12(17)8-3-4-11(15)10(14)5-8/h3-5,9H,6-7H2,1-2H3. The first kappa shape index (κ1) is 15.4.